The minimum atomic E-state index is -0.977. The molecule has 0 fully saturated rings. The molecule has 0 aliphatic heterocycles. The molecule has 0 unspecified atom stereocenters. The fourth-order valence-electron chi connectivity index (χ4n) is 1.74. The summed E-state index contributed by atoms with van der Waals surface area (Å²) in [6.07, 6.45) is 0. The van der Waals surface area contributed by atoms with E-state index in [4.69, 9.17) is 8.17 Å². The van der Waals surface area contributed by atoms with Crippen LogP contribution in [0.25, 0.3) is 10.8 Å². The molecule has 0 aliphatic rings. The van der Waals surface area contributed by atoms with E-state index in [1.54, 1.807) is 29.1 Å². The zero-order chi connectivity index (χ0) is 11.7. The van der Waals surface area contributed by atoms with Crippen LogP contribution in [0, 0.1) is 6.92 Å². The first-order valence-electron chi connectivity index (χ1n) is 4.69. The highest BCUT2D eigenvalue weighted by atomic mass is 127. The molecule has 0 aliphatic carbocycles. The smallest absolute Gasteiger partial charge is 0.339 e. The maximum Gasteiger partial charge on any atom is 0.339 e. The fourth-order valence-corrected chi connectivity index (χ4v) is 2.21. The number of benzene rings is 2. The molecule has 0 amide bonds. The summed E-state index contributed by atoms with van der Waals surface area (Å²) in [6, 6.07) is 9.13. The third-order valence-electron chi connectivity index (χ3n) is 2.54. The Bertz CT molecular complexity index is 563. The second-order valence-corrected chi connectivity index (χ2v) is 3.93. The second kappa shape index (κ2) is 4.29. The molecule has 0 heterocycles. The molecule has 2 rings (SSSR count). The maximum absolute atomic E-state index is 11.0. The van der Waals surface area contributed by atoms with E-state index in [9.17, 15) is 4.79 Å². The third kappa shape index (κ3) is 1.73. The van der Waals surface area contributed by atoms with Crippen LogP contribution in [0.3, 0.4) is 0 Å². The fraction of sp³-hybridized carbons (Fsp3) is 0.0833. The van der Waals surface area contributed by atoms with Crippen molar-refractivity contribution in [3.8, 4) is 5.75 Å². The zero-order valence-electron chi connectivity index (χ0n) is 8.53. The first kappa shape index (κ1) is 11.2. The number of aryl methyl sites for hydroxylation is 1. The van der Waals surface area contributed by atoms with Gasteiger partial charge in [-0.15, -0.1) is 0 Å². The van der Waals surface area contributed by atoms with E-state index in [1.165, 1.54) is 0 Å². The Morgan fingerprint density at radius 3 is 2.62 bits per heavy atom. The van der Waals surface area contributed by atoms with Gasteiger partial charge in [0.15, 0.2) is 28.8 Å². The lowest BCUT2D eigenvalue weighted by Crippen LogP contribution is -1.99. The van der Waals surface area contributed by atoms with Gasteiger partial charge in [0.2, 0.25) is 0 Å². The third-order valence-corrected chi connectivity index (χ3v) is 2.98. The molecule has 2 aromatic carbocycles. The molecule has 0 radical (unpaired) electrons. The molecule has 4 heteroatoms. The summed E-state index contributed by atoms with van der Waals surface area (Å²) >= 11 is 1.71. The van der Waals surface area contributed by atoms with Crippen LogP contribution in [0.1, 0.15) is 15.9 Å². The van der Waals surface area contributed by atoms with Crippen molar-refractivity contribution in [1.82, 2.24) is 0 Å². The molecule has 82 valence electrons. The van der Waals surface area contributed by atoms with E-state index in [-0.39, 0.29) is 5.56 Å². The summed E-state index contributed by atoms with van der Waals surface area (Å²) in [4.78, 5) is 11.0. The topological polar surface area (TPSA) is 46.5 Å². The highest BCUT2D eigenvalue weighted by Crippen LogP contribution is 2.32. The molecule has 2 aromatic rings. The van der Waals surface area contributed by atoms with E-state index in [2.05, 4.69) is 0 Å². The molecular weight excluding hydrogens is 319 g/mol. The lowest BCUT2D eigenvalue weighted by Gasteiger charge is -2.08. The SMILES string of the molecule is Cc1cccc2c(OI)c(C(=O)O)ccc12. The van der Waals surface area contributed by atoms with Gasteiger partial charge in [-0.2, -0.15) is 0 Å². The van der Waals surface area contributed by atoms with Crippen LogP contribution in [0.15, 0.2) is 30.3 Å². The maximum atomic E-state index is 11.0. The number of halogens is 1. The largest absolute Gasteiger partial charge is 0.478 e. The molecular formula is C12H9IO3. The Labute approximate surface area is 107 Å². The number of aromatic carboxylic acids is 1. The molecule has 0 bridgehead atoms. The van der Waals surface area contributed by atoms with Crippen molar-refractivity contribution in [2.75, 3.05) is 0 Å². The summed E-state index contributed by atoms with van der Waals surface area (Å²) in [5.74, 6) is -0.565. The van der Waals surface area contributed by atoms with Gasteiger partial charge >= 0.3 is 5.97 Å². The highest BCUT2D eigenvalue weighted by Gasteiger charge is 2.14. The first-order valence-corrected chi connectivity index (χ1v) is 5.57. The summed E-state index contributed by atoms with van der Waals surface area (Å²) in [5, 5.41) is 10.9. The molecule has 16 heavy (non-hydrogen) atoms. The van der Waals surface area contributed by atoms with Gasteiger partial charge in [0.25, 0.3) is 0 Å². The van der Waals surface area contributed by atoms with Crippen LogP contribution in [0.2, 0.25) is 0 Å². The van der Waals surface area contributed by atoms with Crippen LogP contribution in [0.5, 0.6) is 5.75 Å². The quantitative estimate of drug-likeness (QED) is 0.857. The van der Waals surface area contributed by atoms with Crippen molar-refractivity contribution in [1.29, 1.82) is 0 Å². The zero-order valence-corrected chi connectivity index (χ0v) is 10.7. The average molecular weight is 328 g/mol. The molecule has 0 atom stereocenters. The van der Waals surface area contributed by atoms with Gasteiger partial charge in [-0.3, -0.25) is 0 Å². The number of carboxylic acid groups (broad SMARTS) is 1. The number of carbonyl (C=O) groups is 1. The number of rotatable bonds is 2. The minimum absolute atomic E-state index is 0.188. The average Bonchev–Trinajstić information content (AvgIpc) is 2.27. The van der Waals surface area contributed by atoms with Crippen molar-refractivity contribution >= 4 is 39.7 Å². The summed E-state index contributed by atoms with van der Waals surface area (Å²) in [7, 11) is 0. The molecule has 3 nitrogen and oxygen atoms in total. The first-order chi connectivity index (χ1) is 7.65. The van der Waals surface area contributed by atoms with Crippen LogP contribution in [-0.2, 0) is 0 Å². The Morgan fingerprint density at radius 2 is 2.00 bits per heavy atom. The second-order valence-electron chi connectivity index (χ2n) is 3.49. The van der Waals surface area contributed by atoms with E-state index in [1.807, 2.05) is 31.2 Å². The van der Waals surface area contributed by atoms with Gasteiger partial charge in [0, 0.05) is 5.39 Å². The summed E-state index contributed by atoms with van der Waals surface area (Å²) < 4.78 is 5.16. The van der Waals surface area contributed by atoms with E-state index < -0.39 is 5.97 Å². The van der Waals surface area contributed by atoms with Gasteiger partial charge in [0.1, 0.15) is 5.56 Å². The lowest BCUT2D eigenvalue weighted by atomic mass is 10.0. The minimum Gasteiger partial charge on any atom is -0.478 e. The Hall–Kier alpha value is -1.30. The van der Waals surface area contributed by atoms with Gasteiger partial charge in [-0.1, -0.05) is 24.3 Å². The monoisotopic (exact) mass is 328 g/mol. The van der Waals surface area contributed by atoms with Crippen molar-refractivity contribution < 1.29 is 13.0 Å². The lowest BCUT2D eigenvalue weighted by molar-refractivity contribution is 0.0695. The van der Waals surface area contributed by atoms with E-state index in [0.717, 1.165) is 16.3 Å². The Balaban J connectivity index is 2.86. The van der Waals surface area contributed by atoms with Gasteiger partial charge < -0.3 is 8.17 Å². The summed E-state index contributed by atoms with van der Waals surface area (Å²) in [6.45, 7) is 1.99. The Morgan fingerprint density at radius 1 is 1.25 bits per heavy atom. The van der Waals surface area contributed by atoms with Gasteiger partial charge in [-0.25, -0.2) is 4.79 Å². The molecule has 0 saturated heterocycles. The number of hydrogen-bond acceptors (Lipinski definition) is 2. The molecule has 0 aromatic heterocycles. The Kier molecular flexibility index (Phi) is 3.00. The normalized spacial score (nSPS) is 10.4. The summed E-state index contributed by atoms with van der Waals surface area (Å²) in [5.41, 5.74) is 1.29. The molecule has 0 spiro atoms. The predicted octanol–water partition coefficient (Wildman–Crippen LogP) is 3.58. The van der Waals surface area contributed by atoms with E-state index >= 15 is 0 Å². The number of carboxylic acids is 1. The molecule has 0 saturated carbocycles. The molecule has 1 N–H and O–H groups in total. The van der Waals surface area contributed by atoms with Gasteiger partial charge in [0.05, 0.1) is 0 Å². The highest BCUT2D eigenvalue weighted by molar-refractivity contribution is 14.1. The number of fused-ring (bicyclic) bond motifs is 1. The number of hydrogen-bond donors (Lipinski definition) is 1. The van der Waals surface area contributed by atoms with E-state index in [0.29, 0.717) is 5.75 Å². The van der Waals surface area contributed by atoms with Crippen LogP contribution in [-0.4, -0.2) is 11.1 Å². The van der Waals surface area contributed by atoms with Crippen molar-refractivity contribution in [3.63, 3.8) is 0 Å². The predicted molar refractivity (Wildman–Crippen MR) is 70.3 cm³/mol. The van der Waals surface area contributed by atoms with Gasteiger partial charge in [-0.05, 0) is 23.9 Å². The van der Waals surface area contributed by atoms with Crippen LogP contribution >= 0.6 is 23.0 Å². The van der Waals surface area contributed by atoms with Crippen LogP contribution in [0.4, 0.5) is 0 Å². The standard InChI is InChI=1S/C12H9IO3/c1-7-3-2-4-9-8(7)5-6-10(12(14)15)11(9)16-13/h2-6H,1H3,(H,14,15). The van der Waals surface area contributed by atoms with Crippen molar-refractivity contribution in [2.45, 2.75) is 6.92 Å². The van der Waals surface area contributed by atoms with Crippen LogP contribution < -0.4 is 3.07 Å². The van der Waals surface area contributed by atoms with Crippen molar-refractivity contribution in [2.24, 2.45) is 0 Å². The van der Waals surface area contributed by atoms with Crippen molar-refractivity contribution in [3.05, 3.63) is 41.5 Å².